The van der Waals surface area contributed by atoms with Crippen molar-refractivity contribution in [3.63, 3.8) is 0 Å². The van der Waals surface area contributed by atoms with Crippen LogP contribution in [0.1, 0.15) is 44.0 Å². The van der Waals surface area contributed by atoms with Gasteiger partial charge in [-0.05, 0) is 12.0 Å². The third-order valence-electron chi connectivity index (χ3n) is 4.70. The largest absolute Gasteiger partial charge is 0.448 e. The summed E-state index contributed by atoms with van der Waals surface area (Å²) in [5.41, 5.74) is 1.85. The Balaban J connectivity index is 1.65. The predicted molar refractivity (Wildman–Crippen MR) is 94.2 cm³/mol. The summed E-state index contributed by atoms with van der Waals surface area (Å²) in [6.07, 6.45) is 2.46. The number of aromatic nitrogens is 1. The predicted octanol–water partition coefficient (Wildman–Crippen LogP) is 1.52. The van der Waals surface area contributed by atoms with Crippen LogP contribution in [0.5, 0.6) is 0 Å². The minimum atomic E-state index is -0.207. The average Bonchev–Trinajstić information content (AvgIpc) is 3.20. The first-order chi connectivity index (χ1) is 12.5. The van der Waals surface area contributed by atoms with Gasteiger partial charge in [0.1, 0.15) is 10.8 Å². The fourth-order valence-electron chi connectivity index (χ4n) is 3.38. The van der Waals surface area contributed by atoms with E-state index in [2.05, 4.69) is 10.3 Å². The molecule has 1 N–H and O–H groups in total. The Hall–Kier alpha value is -2.68. The molecule has 0 aromatic carbocycles. The zero-order chi connectivity index (χ0) is 18.4. The van der Waals surface area contributed by atoms with Gasteiger partial charge in [-0.25, -0.2) is 4.98 Å². The zero-order valence-corrected chi connectivity index (χ0v) is 15.3. The normalized spacial score (nSPS) is 16.8. The number of aryl methyl sites for hydroxylation is 1. The van der Waals surface area contributed by atoms with Crippen LogP contribution in [0.2, 0.25) is 0 Å². The van der Waals surface area contributed by atoms with Gasteiger partial charge in [-0.15, -0.1) is 11.3 Å². The van der Waals surface area contributed by atoms with Crippen LogP contribution < -0.4 is 5.32 Å². The van der Waals surface area contributed by atoms with Gasteiger partial charge in [0.05, 0.1) is 18.7 Å². The maximum Gasteiger partial charge on any atom is 0.276 e. The van der Waals surface area contributed by atoms with Gasteiger partial charge in [0.25, 0.3) is 11.8 Å². The smallest absolute Gasteiger partial charge is 0.276 e. The van der Waals surface area contributed by atoms with Crippen molar-refractivity contribution in [2.24, 2.45) is 0 Å². The number of carbonyl (C=O) groups excluding carboxylic acids is 3. The zero-order valence-electron chi connectivity index (χ0n) is 14.5. The van der Waals surface area contributed by atoms with Crippen molar-refractivity contribution in [1.29, 1.82) is 0 Å². The SMILES string of the molecule is CCc1ocnc1C(=O)N1CCc2c(sc3c2C(=O)N(C)CC(=O)N3)C1. The van der Waals surface area contributed by atoms with Crippen LogP contribution in [-0.4, -0.2) is 52.6 Å². The third kappa shape index (κ3) is 2.59. The number of amides is 3. The van der Waals surface area contributed by atoms with E-state index in [0.29, 0.717) is 47.9 Å². The maximum atomic E-state index is 12.8. The molecule has 0 saturated carbocycles. The Morgan fingerprint density at radius 3 is 2.96 bits per heavy atom. The lowest BCUT2D eigenvalue weighted by Gasteiger charge is -2.27. The minimum absolute atomic E-state index is 0.0472. The molecule has 0 saturated heterocycles. The van der Waals surface area contributed by atoms with Crippen LogP contribution in [0.25, 0.3) is 0 Å². The molecule has 0 spiro atoms. The number of likely N-dealkylation sites (N-methyl/N-ethyl adjacent to an activating group) is 1. The number of nitrogens with one attached hydrogen (secondary N) is 1. The fourth-order valence-corrected chi connectivity index (χ4v) is 4.65. The highest BCUT2D eigenvalue weighted by Crippen LogP contribution is 2.39. The standard InChI is InChI=1S/C17H18N4O4S/c1-3-10-14(18-8-25-10)17(24)21-5-4-9-11(6-21)26-15-13(9)16(23)20(2)7-12(22)19-15/h8H,3-7H2,1-2H3,(H,19,22). The Morgan fingerprint density at radius 1 is 1.38 bits per heavy atom. The molecular weight excluding hydrogens is 356 g/mol. The van der Waals surface area contributed by atoms with Crippen LogP contribution in [0, 0.1) is 0 Å². The Labute approximate surface area is 153 Å². The number of fused-ring (bicyclic) bond motifs is 3. The highest BCUT2D eigenvalue weighted by molar-refractivity contribution is 7.17. The van der Waals surface area contributed by atoms with E-state index < -0.39 is 0 Å². The van der Waals surface area contributed by atoms with Gasteiger partial charge >= 0.3 is 0 Å². The van der Waals surface area contributed by atoms with Crippen molar-refractivity contribution in [3.8, 4) is 0 Å². The second kappa shape index (κ2) is 6.24. The van der Waals surface area contributed by atoms with E-state index in [1.165, 1.54) is 22.6 Å². The van der Waals surface area contributed by atoms with E-state index in [9.17, 15) is 14.4 Å². The van der Waals surface area contributed by atoms with Crippen LogP contribution in [0.15, 0.2) is 10.8 Å². The van der Waals surface area contributed by atoms with Crippen LogP contribution >= 0.6 is 11.3 Å². The van der Waals surface area contributed by atoms with E-state index >= 15 is 0 Å². The molecule has 0 fully saturated rings. The summed E-state index contributed by atoms with van der Waals surface area (Å²) in [7, 11) is 1.62. The van der Waals surface area contributed by atoms with Crippen molar-refractivity contribution in [1.82, 2.24) is 14.8 Å². The molecule has 2 aromatic rings. The molecule has 0 unspecified atom stereocenters. The molecule has 4 rings (SSSR count). The van der Waals surface area contributed by atoms with Gasteiger partial charge < -0.3 is 19.5 Å². The molecule has 2 aliphatic heterocycles. The van der Waals surface area contributed by atoms with Gasteiger partial charge in [-0.1, -0.05) is 6.92 Å². The van der Waals surface area contributed by atoms with Gasteiger partial charge in [0, 0.05) is 24.9 Å². The van der Waals surface area contributed by atoms with Gasteiger partial charge in [0.2, 0.25) is 5.91 Å². The summed E-state index contributed by atoms with van der Waals surface area (Å²) in [6.45, 7) is 2.85. The molecule has 4 heterocycles. The van der Waals surface area contributed by atoms with Crippen molar-refractivity contribution in [2.75, 3.05) is 25.5 Å². The fraction of sp³-hybridized carbons (Fsp3) is 0.412. The number of carbonyl (C=O) groups is 3. The summed E-state index contributed by atoms with van der Waals surface area (Å²) < 4.78 is 5.26. The first-order valence-corrected chi connectivity index (χ1v) is 9.22. The molecule has 0 atom stereocenters. The average molecular weight is 374 g/mol. The van der Waals surface area contributed by atoms with E-state index in [1.807, 2.05) is 6.92 Å². The van der Waals surface area contributed by atoms with Crippen molar-refractivity contribution >= 4 is 34.1 Å². The molecule has 0 radical (unpaired) electrons. The van der Waals surface area contributed by atoms with Crippen molar-refractivity contribution < 1.29 is 18.8 Å². The number of nitrogens with zero attached hydrogens (tertiary/aromatic N) is 3. The number of anilines is 1. The van der Waals surface area contributed by atoms with E-state index in [1.54, 1.807) is 11.9 Å². The van der Waals surface area contributed by atoms with E-state index in [4.69, 9.17) is 4.42 Å². The molecule has 0 bridgehead atoms. The monoisotopic (exact) mass is 374 g/mol. The summed E-state index contributed by atoms with van der Waals surface area (Å²) in [5.74, 6) is 0.0471. The molecular formula is C17H18N4O4S. The summed E-state index contributed by atoms with van der Waals surface area (Å²) in [5, 5.41) is 3.40. The molecule has 9 heteroatoms. The van der Waals surface area contributed by atoms with Crippen molar-refractivity contribution in [2.45, 2.75) is 26.3 Å². The topological polar surface area (TPSA) is 95.8 Å². The first kappa shape index (κ1) is 16.8. The summed E-state index contributed by atoms with van der Waals surface area (Å²) in [6, 6.07) is 0. The molecule has 2 aliphatic rings. The number of hydrogen-bond acceptors (Lipinski definition) is 6. The van der Waals surface area contributed by atoms with Gasteiger partial charge in [-0.2, -0.15) is 0 Å². The summed E-state index contributed by atoms with van der Waals surface area (Å²) >= 11 is 1.37. The number of hydrogen-bond donors (Lipinski definition) is 1. The second-order valence-electron chi connectivity index (χ2n) is 6.37. The van der Waals surface area contributed by atoms with Gasteiger partial charge in [-0.3, -0.25) is 14.4 Å². The van der Waals surface area contributed by atoms with Gasteiger partial charge in [0.15, 0.2) is 12.1 Å². The third-order valence-corrected chi connectivity index (χ3v) is 5.84. The quantitative estimate of drug-likeness (QED) is 0.860. The van der Waals surface area contributed by atoms with Crippen LogP contribution in [0.4, 0.5) is 5.00 Å². The molecule has 136 valence electrons. The minimum Gasteiger partial charge on any atom is -0.448 e. The highest BCUT2D eigenvalue weighted by Gasteiger charge is 2.34. The number of rotatable bonds is 2. The maximum absolute atomic E-state index is 12.8. The highest BCUT2D eigenvalue weighted by atomic mass is 32.1. The summed E-state index contributed by atoms with van der Waals surface area (Å²) in [4.78, 5) is 45.5. The van der Waals surface area contributed by atoms with Crippen molar-refractivity contribution in [3.05, 3.63) is 33.9 Å². The number of oxazole rings is 1. The number of thiophene rings is 1. The lowest BCUT2D eigenvalue weighted by molar-refractivity contribution is -0.116. The molecule has 2 aromatic heterocycles. The Kier molecular flexibility index (Phi) is 4.03. The first-order valence-electron chi connectivity index (χ1n) is 8.41. The van der Waals surface area contributed by atoms with Crippen LogP contribution in [0.3, 0.4) is 0 Å². The molecule has 8 nitrogen and oxygen atoms in total. The second-order valence-corrected chi connectivity index (χ2v) is 7.48. The Bertz CT molecular complexity index is 916. The molecule has 26 heavy (non-hydrogen) atoms. The lowest BCUT2D eigenvalue weighted by Crippen LogP contribution is -2.37. The van der Waals surface area contributed by atoms with Crippen LogP contribution in [-0.2, 0) is 24.2 Å². The molecule has 0 aliphatic carbocycles. The Morgan fingerprint density at radius 2 is 2.19 bits per heavy atom. The van der Waals surface area contributed by atoms with E-state index in [-0.39, 0.29) is 24.3 Å². The molecule has 3 amide bonds. The lowest BCUT2D eigenvalue weighted by atomic mass is 10.0. The van der Waals surface area contributed by atoms with E-state index in [0.717, 1.165) is 10.4 Å².